The number of carbonyl (C=O) groups excluding carboxylic acids is 2. The number of Topliss-reactive ketones (excluding diaryl/α,β-unsaturated/α-hetero) is 1. The topological polar surface area (TPSA) is 86.1 Å². The molecule has 0 amide bonds. The number of benzene rings is 1. The van der Waals surface area contributed by atoms with Gasteiger partial charge >= 0.3 is 5.97 Å². The average Bonchev–Trinajstić information content (AvgIpc) is 3.04. The molecule has 1 N–H and O–H groups in total. The highest BCUT2D eigenvalue weighted by molar-refractivity contribution is 5.99. The number of anilines is 1. The quantitative estimate of drug-likeness (QED) is 0.842. The summed E-state index contributed by atoms with van der Waals surface area (Å²) in [7, 11) is 1.25. The van der Waals surface area contributed by atoms with Crippen molar-refractivity contribution in [2.45, 2.75) is 25.3 Å². The zero-order chi connectivity index (χ0) is 17.6. The summed E-state index contributed by atoms with van der Waals surface area (Å²) in [5.41, 5.74) is 2.07. The van der Waals surface area contributed by atoms with Crippen LogP contribution in [0, 0.1) is 5.82 Å². The van der Waals surface area contributed by atoms with E-state index in [2.05, 4.69) is 20.1 Å². The summed E-state index contributed by atoms with van der Waals surface area (Å²) in [6, 6.07) is 5.35. The highest BCUT2D eigenvalue weighted by Gasteiger charge is 2.37. The number of hydrogen-bond acceptors (Lipinski definition) is 6. The minimum atomic E-state index is -0.661. The first-order valence-corrected chi connectivity index (χ1v) is 7.92. The maximum absolute atomic E-state index is 13.3. The lowest BCUT2D eigenvalue weighted by Gasteiger charge is -2.32. The third-order valence-electron chi connectivity index (χ3n) is 4.42. The summed E-state index contributed by atoms with van der Waals surface area (Å²) in [5, 5.41) is 7.32. The molecule has 1 aliphatic heterocycles. The summed E-state index contributed by atoms with van der Waals surface area (Å²) in [4.78, 5) is 28.5. The molecule has 1 atom stereocenters. The first kappa shape index (κ1) is 15.5. The van der Waals surface area contributed by atoms with Crippen LogP contribution in [0.1, 0.15) is 41.5 Å². The van der Waals surface area contributed by atoms with Crippen LogP contribution in [0.4, 0.5) is 10.3 Å². The Balaban J connectivity index is 1.89. The van der Waals surface area contributed by atoms with Crippen LogP contribution >= 0.6 is 0 Å². The first-order valence-electron chi connectivity index (χ1n) is 7.92. The molecule has 7 nitrogen and oxygen atoms in total. The number of ketones is 1. The lowest BCUT2D eigenvalue weighted by atomic mass is 9.85. The molecule has 0 fully saturated rings. The molecular weight excluding hydrogens is 327 g/mol. The minimum absolute atomic E-state index is 0.0174. The van der Waals surface area contributed by atoms with Crippen molar-refractivity contribution in [3.05, 3.63) is 52.7 Å². The smallest absolute Gasteiger partial charge is 0.378 e. The second-order valence-electron chi connectivity index (χ2n) is 5.94. The Morgan fingerprint density at radius 2 is 2.08 bits per heavy atom. The van der Waals surface area contributed by atoms with E-state index in [0.717, 1.165) is 12.1 Å². The summed E-state index contributed by atoms with van der Waals surface area (Å²) < 4.78 is 19.5. The molecule has 0 saturated carbocycles. The summed E-state index contributed by atoms with van der Waals surface area (Å²) in [6.45, 7) is 0. The number of hydrogen-bond donors (Lipinski definition) is 1. The Bertz CT molecular complexity index is 901. The van der Waals surface area contributed by atoms with Crippen molar-refractivity contribution in [3.63, 3.8) is 0 Å². The predicted octanol–water partition coefficient (Wildman–Crippen LogP) is 2.23. The Morgan fingerprint density at radius 3 is 2.80 bits per heavy atom. The van der Waals surface area contributed by atoms with Crippen molar-refractivity contribution in [2.24, 2.45) is 0 Å². The van der Waals surface area contributed by atoms with Crippen LogP contribution in [0.5, 0.6) is 0 Å². The minimum Gasteiger partial charge on any atom is -0.463 e. The maximum atomic E-state index is 13.3. The monoisotopic (exact) mass is 342 g/mol. The van der Waals surface area contributed by atoms with E-state index in [1.165, 1.54) is 23.9 Å². The van der Waals surface area contributed by atoms with Gasteiger partial charge in [0.25, 0.3) is 5.82 Å². The molecule has 0 bridgehead atoms. The third-order valence-corrected chi connectivity index (χ3v) is 4.42. The Labute approximate surface area is 142 Å². The highest BCUT2D eigenvalue weighted by Crippen LogP contribution is 2.39. The van der Waals surface area contributed by atoms with Gasteiger partial charge < -0.3 is 10.1 Å². The Morgan fingerprint density at radius 1 is 1.32 bits per heavy atom. The number of aromatic nitrogens is 3. The molecule has 1 aromatic heterocycles. The number of ether oxygens (including phenoxy) is 1. The molecule has 1 aromatic carbocycles. The van der Waals surface area contributed by atoms with Crippen LogP contribution in [-0.2, 0) is 9.53 Å². The average molecular weight is 342 g/mol. The van der Waals surface area contributed by atoms with Gasteiger partial charge in [-0.1, -0.05) is 12.1 Å². The lowest BCUT2D eigenvalue weighted by molar-refractivity contribution is -0.116. The van der Waals surface area contributed by atoms with Gasteiger partial charge in [-0.05, 0) is 30.5 Å². The fourth-order valence-electron chi connectivity index (χ4n) is 3.29. The molecular formula is C17H15FN4O3. The summed E-state index contributed by atoms with van der Waals surface area (Å²) >= 11 is 0. The van der Waals surface area contributed by atoms with Gasteiger partial charge in [-0.15, -0.1) is 5.10 Å². The fourth-order valence-corrected chi connectivity index (χ4v) is 3.29. The van der Waals surface area contributed by atoms with Crippen molar-refractivity contribution in [3.8, 4) is 0 Å². The maximum Gasteiger partial charge on any atom is 0.378 e. The zero-order valence-electron chi connectivity index (χ0n) is 13.5. The van der Waals surface area contributed by atoms with E-state index in [-0.39, 0.29) is 17.4 Å². The van der Waals surface area contributed by atoms with Gasteiger partial charge in [-0.25, -0.2) is 13.9 Å². The van der Waals surface area contributed by atoms with Crippen LogP contribution in [-0.4, -0.2) is 33.6 Å². The van der Waals surface area contributed by atoms with Crippen LogP contribution in [0.2, 0.25) is 0 Å². The van der Waals surface area contributed by atoms with E-state index in [9.17, 15) is 14.0 Å². The van der Waals surface area contributed by atoms with E-state index in [1.807, 2.05) is 0 Å². The lowest BCUT2D eigenvalue weighted by Crippen LogP contribution is -2.31. The van der Waals surface area contributed by atoms with Gasteiger partial charge in [0, 0.05) is 17.7 Å². The molecule has 1 aliphatic carbocycles. The Kier molecular flexibility index (Phi) is 3.60. The number of carbonyl (C=O) groups is 2. The third kappa shape index (κ3) is 2.50. The predicted molar refractivity (Wildman–Crippen MR) is 85.4 cm³/mol. The molecule has 2 aromatic rings. The van der Waals surface area contributed by atoms with Gasteiger partial charge in [0.1, 0.15) is 11.9 Å². The van der Waals surface area contributed by atoms with Gasteiger partial charge in [-0.2, -0.15) is 4.98 Å². The number of allylic oxidation sites excluding steroid dienone is 2. The van der Waals surface area contributed by atoms with E-state index >= 15 is 0 Å². The van der Waals surface area contributed by atoms with Crippen LogP contribution < -0.4 is 5.32 Å². The molecule has 4 rings (SSSR count). The van der Waals surface area contributed by atoms with Crippen LogP contribution in [0.25, 0.3) is 0 Å². The largest absolute Gasteiger partial charge is 0.463 e. The van der Waals surface area contributed by atoms with Crippen molar-refractivity contribution >= 4 is 17.7 Å². The number of esters is 1. The molecule has 25 heavy (non-hydrogen) atoms. The summed E-state index contributed by atoms with van der Waals surface area (Å²) in [6.07, 6.45) is 1.91. The molecule has 0 saturated heterocycles. The van der Waals surface area contributed by atoms with E-state index in [0.29, 0.717) is 29.9 Å². The fraction of sp³-hybridized carbons (Fsp3) is 0.294. The normalized spacial score (nSPS) is 19.1. The molecule has 0 unspecified atom stereocenters. The number of rotatable bonds is 2. The number of halogens is 1. The first-order chi connectivity index (χ1) is 12.1. The molecule has 0 spiro atoms. The second kappa shape index (κ2) is 5.80. The molecule has 8 heteroatoms. The van der Waals surface area contributed by atoms with Gasteiger partial charge in [0.2, 0.25) is 5.95 Å². The number of fused-ring (bicyclic) bond motifs is 1. The van der Waals surface area contributed by atoms with Gasteiger partial charge in [0.05, 0.1) is 7.11 Å². The van der Waals surface area contributed by atoms with Crippen molar-refractivity contribution in [1.82, 2.24) is 14.8 Å². The number of nitrogens with one attached hydrogen (secondary N) is 1. The van der Waals surface area contributed by atoms with Crippen molar-refractivity contribution < 1.29 is 18.7 Å². The second-order valence-corrected chi connectivity index (χ2v) is 5.94. The molecule has 0 radical (unpaired) electrons. The molecule has 2 heterocycles. The molecule has 128 valence electrons. The standard InChI is InChI=1S/C17H15FN4O3/c1-25-16(24)15-20-17-19-11-3-2-4-12(23)13(11)14(22(17)21-15)9-5-7-10(18)8-6-9/h5-8,14H,2-4H2,1H3,(H,19,20,21)/t14-/m0/s1. The Hall–Kier alpha value is -3.03. The van der Waals surface area contributed by atoms with Crippen molar-refractivity contribution in [2.75, 3.05) is 12.4 Å². The van der Waals surface area contributed by atoms with Crippen LogP contribution in [0.15, 0.2) is 35.5 Å². The number of methoxy groups -OCH3 is 1. The number of nitrogens with zero attached hydrogens (tertiary/aromatic N) is 3. The highest BCUT2D eigenvalue weighted by atomic mass is 19.1. The van der Waals surface area contributed by atoms with Gasteiger partial charge in [-0.3, -0.25) is 4.79 Å². The zero-order valence-corrected chi connectivity index (χ0v) is 13.5. The van der Waals surface area contributed by atoms with Crippen molar-refractivity contribution in [1.29, 1.82) is 0 Å². The van der Waals surface area contributed by atoms with E-state index in [1.54, 1.807) is 12.1 Å². The van der Waals surface area contributed by atoms with E-state index < -0.39 is 12.0 Å². The van der Waals surface area contributed by atoms with Gasteiger partial charge in [0.15, 0.2) is 5.78 Å². The summed E-state index contributed by atoms with van der Waals surface area (Å²) in [5.74, 6) is -0.738. The SMILES string of the molecule is COC(=O)c1nc2n(n1)[C@@H](c1ccc(F)cc1)C1=C(CCCC1=O)N2. The van der Waals surface area contributed by atoms with E-state index in [4.69, 9.17) is 0 Å². The molecule has 2 aliphatic rings. The van der Waals surface area contributed by atoms with Crippen LogP contribution in [0.3, 0.4) is 0 Å².